The van der Waals surface area contributed by atoms with Gasteiger partial charge in [0.1, 0.15) is 5.82 Å². The minimum atomic E-state index is -0.320. The second kappa shape index (κ2) is 8.19. The Kier molecular flexibility index (Phi) is 6.00. The molecule has 1 amide bonds. The van der Waals surface area contributed by atoms with Crippen LogP contribution in [0.5, 0.6) is 0 Å². The molecule has 3 nitrogen and oxygen atoms in total. The number of benzene rings is 2. The van der Waals surface area contributed by atoms with Crippen LogP contribution in [0.4, 0.5) is 4.39 Å². The van der Waals surface area contributed by atoms with E-state index in [4.69, 9.17) is 12.2 Å². The highest BCUT2D eigenvalue weighted by molar-refractivity contribution is 7.80. The Hall–Kier alpha value is -2.53. The maximum atomic E-state index is 12.8. The topological polar surface area (TPSA) is 32.3 Å². The number of thiocarbonyl (C=S) groups is 1. The summed E-state index contributed by atoms with van der Waals surface area (Å²) in [4.78, 5) is 13.7. The van der Waals surface area contributed by atoms with Crippen molar-refractivity contribution in [3.05, 3.63) is 77.6 Å². The lowest BCUT2D eigenvalue weighted by Crippen LogP contribution is -2.39. The molecule has 0 spiro atoms. The van der Waals surface area contributed by atoms with Gasteiger partial charge in [0.15, 0.2) is 5.11 Å². The van der Waals surface area contributed by atoms with Gasteiger partial charge in [-0.2, -0.15) is 0 Å². The molecule has 1 N–H and O–H groups in total. The van der Waals surface area contributed by atoms with Crippen LogP contribution in [0.3, 0.4) is 0 Å². The van der Waals surface area contributed by atoms with Crippen LogP contribution in [-0.4, -0.2) is 23.0 Å². The minimum absolute atomic E-state index is 0.310. The number of carbonyl (C=O) groups excluding carboxylic acids is 1. The van der Waals surface area contributed by atoms with E-state index in [2.05, 4.69) is 5.32 Å². The summed E-state index contributed by atoms with van der Waals surface area (Å²) in [7, 11) is 1.82. The highest BCUT2D eigenvalue weighted by atomic mass is 32.1. The van der Waals surface area contributed by atoms with E-state index in [9.17, 15) is 9.18 Å². The summed E-state index contributed by atoms with van der Waals surface area (Å²) in [6.45, 7) is 0.613. The predicted octanol–water partition coefficient (Wildman–Crippen LogP) is 3.37. The summed E-state index contributed by atoms with van der Waals surface area (Å²) in [5.74, 6) is -0.630. The van der Waals surface area contributed by atoms with Crippen LogP contribution in [0.15, 0.2) is 60.7 Å². The van der Waals surface area contributed by atoms with Crippen LogP contribution in [0.2, 0.25) is 0 Å². The molecule has 0 fully saturated rings. The van der Waals surface area contributed by atoms with E-state index in [0.717, 1.165) is 11.1 Å². The molecule has 2 aromatic carbocycles. The van der Waals surface area contributed by atoms with Crippen LogP contribution in [0, 0.1) is 5.82 Å². The molecule has 5 heteroatoms. The van der Waals surface area contributed by atoms with Crippen molar-refractivity contribution in [2.24, 2.45) is 0 Å². The molecule has 2 aromatic rings. The summed E-state index contributed by atoms with van der Waals surface area (Å²) >= 11 is 5.21. The van der Waals surface area contributed by atoms with Crippen LogP contribution >= 0.6 is 12.2 Å². The fourth-order valence-electron chi connectivity index (χ4n) is 1.92. The first-order valence-corrected chi connectivity index (χ1v) is 7.49. The van der Waals surface area contributed by atoms with Crippen molar-refractivity contribution < 1.29 is 9.18 Å². The van der Waals surface area contributed by atoms with E-state index in [0.29, 0.717) is 11.7 Å². The predicted molar refractivity (Wildman–Crippen MR) is 94.1 cm³/mol. The Morgan fingerprint density at radius 1 is 1.17 bits per heavy atom. The zero-order chi connectivity index (χ0) is 16.7. The van der Waals surface area contributed by atoms with Gasteiger partial charge in [0.05, 0.1) is 0 Å². The number of hydrogen-bond acceptors (Lipinski definition) is 2. The molecule has 0 unspecified atom stereocenters. The van der Waals surface area contributed by atoms with Crippen molar-refractivity contribution in [1.29, 1.82) is 0 Å². The van der Waals surface area contributed by atoms with Gasteiger partial charge in [-0.15, -0.1) is 0 Å². The van der Waals surface area contributed by atoms with Crippen LogP contribution in [-0.2, 0) is 11.3 Å². The Labute approximate surface area is 140 Å². The van der Waals surface area contributed by atoms with Gasteiger partial charge in [0, 0.05) is 19.7 Å². The average Bonchev–Trinajstić information content (AvgIpc) is 2.55. The third-order valence-corrected chi connectivity index (χ3v) is 3.55. The van der Waals surface area contributed by atoms with E-state index in [1.807, 2.05) is 37.4 Å². The zero-order valence-corrected chi connectivity index (χ0v) is 13.5. The van der Waals surface area contributed by atoms with E-state index < -0.39 is 0 Å². The van der Waals surface area contributed by atoms with Gasteiger partial charge in [-0.1, -0.05) is 42.5 Å². The van der Waals surface area contributed by atoms with Gasteiger partial charge in [0.2, 0.25) is 5.91 Å². The van der Waals surface area contributed by atoms with E-state index in [1.54, 1.807) is 23.1 Å². The molecule has 0 aromatic heterocycles. The maximum absolute atomic E-state index is 12.8. The third kappa shape index (κ3) is 5.64. The Balaban J connectivity index is 1.86. The van der Waals surface area contributed by atoms with E-state index in [-0.39, 0.29) is 11.7 Å². The number of carbonyl (C=O) groups is 1. The molecule has 0 radical (unpaired) electrons. The number of hydrogen-bond donors (Lipinski definition) is 1. The van der Waals surface area contributed by atoms with Crippen molar-refractivity contribution in [3.63, 3.8) is 0 Å². The number of nitrogens with zero attached hydrogens (tertiary/aromatic N) is 1. The van der Waals surface area contributed by atoms with Crippen molar-refractivity contribution in [2.75, 3.05) is 7.05 Å². The highest BCUT2D eigenvalue weighted by Gasteiger charge is 2.07. The highest BCUT2D eigenvalue weighted by Crippen LogP contribution is 2.05. The van der Waals surface area contributed by atoms with Gasteiger partial charge in [-0.05, 0) is 41.6 Å². The first-order valence-electron chi connectivity index (χ1n) is 7.08. The largest absolute Gasteiger partial charge is 0.348 e. The van der Waals surface area contributed by atoms with Crippen molar-refractivity contribution >= 4 is 29.3 Å². The molecular formula is C18H17FN2OS. The van der Waals surface area contributed by atoms with E-state index >= 15 is 0 Å². The van der Waals surface area contributed by atoms with Gasteiger partial charge >= 0.3 is 0 Å². The fourth-order valence-corrected chi connectivity index (χ4v) is 2.08. The van der Waals surface area contributed by atoms with Gasteiger partial charge in [-0.25, -0.2) is 4.39 Å². The molecule has 2 rings (SSSR count). The molecule has 0 aliphatic rings. The first-order chi connectivity index (χ1) is 11.0. The normalized spacial score (nSPS) is 10.5. The molecule has 118 valence electrons. The van der Waals surface area contributed by atoms with Crippen molar-refractivity contribution in [3.8, 4) is 0 Å². The molecule has 0 saturated carbocycles. The van der Waals surface area contributed by atoms with E-state index in [1.165, 1.54) is 18.2 Å². The second-order valence-electron chi connectivity index (χ2n) is 5.02. The van der Waals surface area contributed by atoms with Crippen LogP contribution < -0.4 is 5.32 Å². The monoisotopic (exact) mass is 328 g/mol. The average molecular weight is 328 g/mol. The zero-order valence-electron chi connectivity index (χ0n) is 12.7. The summed E-state index contributed by atoms with van der Waals surface area (Å²) in [5, 5.41) is 2.99. The van der Waals surface area contributed by atoms with Gasteiger partial charge < -0.3 is 4.90 Å². The maximum Gasteiger partial charge on any atom is 0.250 e. The standard InChI is InChI=1S/C18H17FN2OS/c1-21(13-15-5-3-2-4-6-15)18(23)20-17(22)12-9-14-7-10-16(19)11-8-14/h2-12H,13H2,1H3,(H,20,22,23)/b12-9+. The van der Waals surface area contributed by atoms with Crippen LogP contribution in [0.1, 0.15) is 11.1 Å². The molecule has 23 heavy (non-hydrogen) atoms. The minimum Gasteiger partial charge on any atom is -0.348 e. The Bertz CT molecular complexity index is 699. The lowest BCUT2D eigenvalue weighted by Gasteiger charge is -2.19. The first kappa shape index (κ1) is 16.8. The molecule has 0 heterocycles. The molecule has 0 saturated heterocycles. The lowest BCUT2D eigenvalue weighted by molar-refractivity contribution is -0.115. The lowest BCUT2D eigenvalue weighted by atomic mass is 10.2. The number of rotatable bonds is 4. The summed E-state index contributed by atoms with van der Waals surface area (Å²) in [5.41, 5.74) is 1.85. The van der Waals surface area contributed by atoms with Gasteiger partial charge in [0.25, 0.3) is 0 Å². The second-order valence-corrected chi connectivity index (χ2v) is 5.41. The fraction of sp³-hybridized carbons (Fsp3) is 0.111. The molecule has 0 aliphatic heterocycles. The Morgan fingerprint density at radius 2 is 1.83 bits per heavy atom. The molecule has 0 aliphatic carbocycles. The quantitative estimate of drug-likeness (QED) is 0.690. The number of nitrogens with one attached hydrogen (secondary N) is 1. The van der Waals surface area contributed by atoms with Crippen molar-refractivity contribution in [1.82, 2.24) is 10.2 Å². The van der Waals surface area contributed by atoms with Gasteiger partial charge in [-0.3, -0.25) is 10.1 Å². The summed E-state index contributed by atoms with van der Waals surface area (Å²) in [6.07, 6.45) is 2.98. The molecule has 0 atom stereocenters. The third-order valence-electron chi connectivity index (χ3n) is 3.14. The summed E-state index contributed by atoms with van der Waals surface area (Å²) < 4.78 is 12.8. The van der Waals surface area contributed by atoms with Crippen molar-refractivity contribution in [2.45, 2.75) is 6.54 Å². The summed E-state index contributed by atoms with van der Waals surface area (Å²) in [6, 6.07) is 15.7. The van der Waals surface area contributed by atoms with Crippen LogP contribution in [0.25, 0.3) is 6.08 Å². The SMILES string of the molecule is CN(Cc1ccccc1)C(=S)NC(=O)/C=C/c1ccc(F)cc1. The molecular weight excluding hydrogens is 311 g/mol. The molecule has 0 bridgehead atoms. The number of halogens is 1. The number of amides is 1. The smallest absolute Gasteiger partial charge is 0.250 e. The Morgan fingerprint density at radius 3 is 2.48 bits per heavy atom.